The van der Waals surface area contributed by atoms with Gasteiger partial charge in [-0.05, 0) is 30.7 Å². The van der Waals surface area contributed by atoms with Gasteiger partial charge in [-0.25, -0.2) is 0 Å². The van der Waals surface area contributed by atoms with Crippen molar-refractivity contribution in [1.29, 1.82) is 5.26 Å². The van der Waals surface area contributed by atoms with Crippen molar-refractivity contribution >= 4 is 23.6 Å². The summed E-state index contributed by atoms with van der Waals surface area (Å²) in [6.45, 7) is 0. The van der Waals surface area contributed by atoms with Crippen LogP contribution in [-0.4, -0.2) is 40.5 Å². The van der Waals surface area contributed by atoms with Gasteiger partial charge < -0.3 is 5.32 Å². The highest BCUT2D eigenvalue weighted by molar-refractivity contribution is 7.99. The van der Waals surface area contributed by atoms with Gasteiger partial charge in [-0.15, -0.1) is 11.8 Å². The number of benzene rings is 1. The van der Waals surface area contributed by atoms with Gasteiger partial charge in [0.1, 0.15) is 6.04 Å². The van der Waals surface area contributed by atoms with Crippen LogP contribution >= 0.6 is 11.8 Å². The SMILES string of the molecule is CN(C#N)C(=O)[C@@H](CCSc1ccncc1)NC(=O)c1ccccc1. The second kappa shape index (κ2) is 9.45. The zero-order chi connectivity index (χ0) is 18.1. The van der Waals surface area contributed by atoms with Crippen molar-refractivity contribution in [2.75, 3.05) is 12.8 Å². The molecule has 0 radical (unpaired) electrons. The van der Waals surface area contributed by atoms with Gasteiger partial charge in [0.15, 0.2) is 6.19 Å². The van der Waals surface area contributed by atoms with Crippen LogP contribution in [0.3, 0.4) is 0 Å². The molecule has 7 heteroatoms. The summed E-state index contributed by atoms with van der Waals surface area (Å²) in [7, 11) is 1.39. The molecule has 1 N–H and O–H groups in total. The predicted molar refractivity (Wildman–Crippen MR) is 95.7 cm³/mol. The fourth-order valence-corrected chi connectivity index (χ4v) is 3.00. The van der Waals surface area contributed by atoms with E-state index in [2.05, 4.69) is 10.3 Å². The number of likely N-dealkylation sites (N-methyl/N-ethyl adjacent to an activating group) is 1. The predicted octanol–water partition coefficient (Wildman–Crippen LogP) is 2.30. The van der Waals surface area contributed by atoms with Gasteiger partial charge in [-0.3, -0.25) is 19.5 Å². The summed E-state index contributed by atoms with van der Waals surface area (Å²) < 4.78 is 0. The molecule has 1 atom stereocenters. The van der Waals surface area contributed by atoms with Crippen LogP contribution < -0.4 is 5.32 Å². The fraction of sp³-hybridized carbons (Fsp3) is 0.222. The van der Waals surface area contributed by atoms with Crippen molar-refractivity contribution in [3.05, 3.63) is 60.4 Å². The highest BCUT2D eigenvalue weighted by Gasteiger charge is 2.24. The second-order valence-corrected chi connectivity index (χ2v) is 6.38. The smallest absolute Gasteiger partial charge is 0.257 e. The first-order chi connectivity index (χ1) is 12.1. The molecular weight excluding hydrogens is 336 g/mol. The van der Waals surface area contributed by atoms with Crippen LogP contribution in [-0.2, 0) is 4.79 Å². The van der Waals surface area contributed by atoms with Crippen molar-refractivity contribution in [2.45, 2.75) is 17.4 Å². The lowest BCUT2D eigenvalue weighted by Gasteiger charge is -2.20. The average Bonchev–Trinajstić information content (AvgIpc) is 2.67. The first-order valence-electron chi connectivity index (χ1n) is 7.68. The maximum atomic E-state index is 12.4. The van der Waals surface area contributed by atoms with E-state index in [1.54, 1.807) is 54.6 Å². The summed E-state index contributed by atoms with van der Waals surface area (Å²) in [4.78, 5) is 30.6. The number of pyridine rings is 1. The van der Waals surface area contributed by atoms with E-state index in [4.69, 9.17) is 5.26 Å². The third kappa shape index (κ3) is 5.62. The zero-order valence-corrected chi connectivity index (χ0v) is 14.6. The number of hydrogen-bond acceptors (Lipinski definition) is 5. The van der Waals surface area contributed by atoms with Gasteiger partial charge in [-0.1, -0.05) is 18.2 Å². The lowest BCUT2D eigenvalue weighted by molar-refractivity contribution is -0.129. The fourth-order valence-electron chi connectivity index (χ4n) is 2.10. The Kier molecular flexibility index (Phi) is 6.99. The standard InChI is InChI=1S/C18H18N4O2S/c1-22(13-19)18(24)16(9-12-25-15-7-10-20-11-8-15)21-17(23)14-5-3-2-4-6-14/h2-8,10-11,16H,9,12H2,1H3,(H,21,23)/t16-/m1/s1. The molecule has 0 unspecified atom stereocenters. The second-order valence-electron chi connectivity index (χ2n) is 5.21. The van der Waals surface area contributed by atoms with Crippen LogP contribution in [0.2, 0.25) is 0 Å². The molecule has 0 saturated carbocycles. The largest absolute Gasteiger partial charge is 0.340 e. The molecule has 2 aromatic rings. The Morgan fingerprint density at radius 1 is 1.24 bits per heavy atom. The Hall–Kier alpha value is -2.85. The van der Waals surface area contributed by atoms with Crippen molar-refractivity contribution in [1.82, 2.24) is 15.2 Å². The third-order valence-corrected chi connectivity index (χ3v) is 4.49. The Labute approximate surface area is 150 Å². The van der Waals surface area contributed by atoms with Crippen molar-refractivity contribution in [2.24, 2.45) is 0 Å². The number of nitrogens with one attached hydrogen (secondary N) is 1. The van der Waals surface area contributed by atoms with Gasteiger partial charge in [0.2, 0.25) is 0 Å². The minimum absolute atomic E-state index is 0.334. The maximum Gasteiger partial charge on any atom is 0.257 e. The minimum Gasteiger partial charge on any atom is -0.340 e. The molecule has 0 bridgehead atoms. The third-order valence-electron chi connectivity index (χ3n) is 3.44. The maximum absolute atomic E-state index is 12.4. The molecular formula is C18H18N4O2S. The van der Waals surface area contributed by atoms with Gasteiger partial charge in [-0.2, -0.15) is 5.26 Å². The molecule has 0 aliphatic carbocycles. The molecule has 25 heavy (non-hydrogen) atoms. The van der Waals surface area contributed by atoms with E-state index in [1.165, 1.54) is 7.05 Å². The number of thioether (sulfide) groups is 1. The quantitative estimate of drug-likeness (QED) is 0.468. The molecule has 1 aromatic carbocycles. The number of hydrogen-bond donors (Lipinski definition) is 1. The number of nitriles is 1. The number of carbonyl (C=O) groups is 2. The molecule has 2 rings (SSSR count). The minimum atomic E-state index is -0.758. The van der Waals surface area contributed by atoms with E-state index < -0.39 is 11.9 Å². The van der Waals surface area contributed by atoms with Crippen LogP contribution in [0, 0.1) is 11.5 Å². The zero-order valence-electron chi connectivity index (χ0n) is 13.8. The molecule has 1 aromatic heterocycles. The van der Waals surface area contributed by atoms with Crippen LogP contribution in [0.1, 0.15) is 16.8 Å². The van der Waals surface area contributed by atoms with Gasteiger partial charge in [0.25, 0.3) is 11.8 Å². The van der Waals surface area contributed by atoms with E-state index >= 15 is 0 Å². The summed E-state index contributed by atoms with van der Waals surface area (Å²) in [5.41, 5.74) is 0.474. The summed E-state index contributed by atoms with van der Waals surface area (Å²) >= 11 is 1.56. The summed E-state index contributed by atoms with van der Waals surface area (Å²) in [5, 5.41) is 11.7. The van der Waals surface area contributed by atoms with Crippen molar-refractivity contribution < 1.29 is 9.59 Å². The Bertz CT molecular complexity index is 747. The topological polar surface area (TPSA) is 86.1 Å². The van der Waals surface area contributed by atoms with Crippen molar-refractivity contribution in [3.8, 4) is 6.19 Å². The molecule has 0 saturated heterocycles. The summed E-state index contributed by atoms with van der Waals surface area (Å²) in [6, 6.07) is 11.7. The molecule has 128 valence electrons. The Morgan fingerprint density at radius 2 is 1.92 bits per heavy atom. The van der Waals surface area contributed by atoms with Gasteiger partial charge in [0.05, 0.1) is 0 Å². The molecule has 0 spiro atoms. The summed E-state index contributed by atoms with van der Waals surface area (Å²) in [6.07, 6.45) is 5.60. The lowest BCUT2D eigenvalue weighted by Crippen LogP contribution is -2.46. The molecule has 1 heterocycles. The molecule has 0 fully saturated rings. The molecule has 0 aliphatic rings. The van der Waals surface area contributed by atoms with Crippen LogP contribution in [0.4, 0.5) is 0 Å². The van der Waals surface area contributed by atoms with E-state index in [0.717, 1.165) is 9.80 Å². The first kappa shape index (κ1) is 18.5. The normalized spacial score (nSPS) is 11.2. The van der Waals surface area contributed by atoms with E-state index in [-0.39, 0.29) is 5.91 Å². The highest BCUT2D eigenvalue weighted by atomic mass is 32.2. The molecule has 0 aliphatic heterocycles. The first-order valence-corrected chi connectivity index (χ1v) is 8.66. The van der Waals surface area contributed by atoms with Gasteiger partial charge in [0, 0.05) is 35.7 Å². The van der Waals surface area contributed by atoms with Gasteiger partial charge >= 0.3 is 0 Å². The number of carbonyl (C=O) groups excluding carboxylic acids is 2. The Balaban J connectivity index is 2.01. The monoisotopic (exact) mass is 354 g/mol. The lowest BCUT2D eigenvalue weighted by atomic mass is 10.1. The number of aromatic nitrogens is 1. The van der Waals surface area contributed by atoms with Crippen LogP contribution in [0.25, 0.3) is 0 Å². The van der Waals surface area contributed by atoms with E-state index in [0.29, 0.717) is 17.7 Å². The number of rotatable bonds is 7. The molecule has 2 amide bonds. The average molecular weight is 354 g/mol. The number of nitrogens with zero attached hydrogens (tertiary/aromatic N) is 3. The molecule has 6 nitrogen and oxygen atoms in total. The number of amides is 2. The van der Waals surface area contributed by atoms with Crippen LogP contribution in [0.15, 0.2) is 59.8 Å². The van der Waals surface area contributed by atoms with Crippen molar-refractivity contribution in [3.63, 3.8) is 0 Å². The Morgan fingerprint density at radius 3 is 2.56 bits per heavy atom. The summed E-state index contributed by atoms with van der Waals surface area (Å²) in [5.74, 6) is -0.143. The van der Waals surface area contributed by atoms with E-state index in [9.17, 15) is 9.59 Å². The van der Waals surface area contributed by atoms with E-state index in [1.807, 2.05) is 18.2 Å². The highest BCUT2D eigenvalue weighted by Crippen LogP contribution is 2.18. The van der Waals surface area contributed by atoms with Crippen LogP contribution in [0.5, 0.6) is 0 Å².